The Bertz CT molecular complexity index is 467. The molecule has 0 unspecified atom stereocenters. The van der Waals surface area contributed by atoms with Crippen molar-refractivity contribution >= 4 is 15.9 Å². The first kappa shape index (κ1) is 13.3. The van der Waals surface area contributed by atoms with Crippen LogP contribution >= 0.6 is 15.9 Å². The molecule has 1 atom stereocenters. The van der Waals surface area contributed by atoms with Crippen LogP contribution < -0.4 is 0 Å². The Hall–Kier alpha value is -1.17. The van der Waals surface area contributed by atoms with Gasteiger partial charge in [-0.05, 0) is 19.1 Å². The van der Waals surface area contributed by atoms with Gasteiger partial charge in [-0.1, -0.05) is 28.1 Å². The van der Waals surface area contributed by atoms with Crippen LogP contribution in [0, 0.1) is 0 Å². The molecule has 0 saturated heterocycles. The van der Waals surface area contributed by atoms with E-state index in [1.807, 2.05) is 0 Å². The maximum absolute atomic E-state index is 12.5. The van der Waals surface area contributed by atoms with Gasteiger partial charge in [-0.3, -0.25) is 0 Å². The number of ether oxygens (including phenoxy) is 2. The topological polar surface area (TPSA) is 18.5 Å². The summed E-state index contributed by atoms with van der Waals surface area (Å²) in [5.41, 5.74) is -0.167. The van der Waals surface area contributed by atoms with Crippen LogP contribution in [-0.2, 0) is 21.4 Å². The molecule has 0 aliphatic carbocycles. The molecule has 98 valence electrons. The van der Waals surface area contributed by atoms with E-state index in [0.29, 0.717) is 16.7 Å². The zero-order valence-electron chi connectivity index (χ0n) is 9.42. The number of rotatable bonds is 2. The Labute approximate surface area is 111 Å². The van der Waals surface area contributed by atoms with Gasteiger partial charge in [0.2, 0.25) is 0 Å². The van der Waals surface area contributed by atoms with E-state index in [4.69, 9.17) is 9.47 Å². The van der Waals surface area contributed by atoms with Crippen LogP contribution in [0.2, 0.25) is 0 Å². The van der Waals surface area contributed by atoms with Crippen molar-refractivity contribution in [2.45, 2.75) is 18.9 Å². The molecule has 0 radical (unpaired) electrons. The Morgan fingerprint density at radius 2 is 1.83 bits per heavy atom. The Kier molecular flexibility index (Phi) is 3.31. The summed E-state index contributed by atoms with van der Waals surface area (Å²) < 4.78 is 48.3. The predicted octanol–water partition coefficient (Wildman–Crippen LogP) is 4.16. The standard InChI is InChI=1S/C12H10BrF3O2/c1-8-6-17-11(7-13,18-8)9-2-4-10(5-3-9)12(14,15)16/h2-6H,7H2,1H3/t11-/m0/s1. The van der Waals surface area contributed by atoms with E-state index >= 15 is 0 Å². The lowest BCUT2D eigenvalue weighted by Gasteiger charge is -2.26. The summed E-state index contributed by atoms with van der Waals surface area (Å²) in [4.78, 5) is 0. The van der Waals surface area contributed by atoms with Crippen LogP contribution in [0.4, 0.5) is 13.2 Å². The molecule has 18 heavy (non-hydrogen) atoms. The highest BCUT2D eigenvalue weighted by Gasteiger charge is 2.40. The molecule has 1 aromatic carbocycles. The summed E-state index contributed by atoms with van der Waals surface area (Å²) in [6, 6.07) is 4.74. The second kappa shape index (κ2) is 4.50. The van der Waals surface area contributed by atoms with E-state index in [1.54, 1.807) is 6.92 Å². The summed E-state index contributed by atoms with van der Waals surface area (Å²) in [7, 11) is 0. The van der Waals surface area contributed by atoms with Gasteiger partial charge in [-0.2, -0.15) is 13.2 Å². The van der Waals surface area contributed by atoms with Gasteiger partial charge in [0.05, 0.1) is 10.9 Å². The average Bonchev–Trinajstić information content (AvgIpc) is 2.71. The quantitative estimate of drug-likeness (QED) is 0.761. The maximum atomic E-state index is 12.5. The molecule has 0 spiro atoms. The fourth-order valence-corrected chi connectivity index (χ4v) is 2.23. The maximum Gasteiger partial charge on any atom is 0.416 e. The molecule has 0 saturated carbocycles. The van der Waals surface area contributed by atoms with E-state index in [9.17, 15) is 13.2 Å². The molecular weight excluding hydrogens is 313 g/mol. The Morgan fingerprint density at radius 3 is 2.22 bits per heavy atom. The van der Waals surface area contributed by atoms with Crippen LogP contribution in [0.1, 0.15) is 18.1 Å². The number of hydrogen-bond acceptors (Lipinski definition) is 2. The third-order valence-corrected chi connectivity index (χ3v) is 3.31. The predicted molar refractivity (Wildman–Crippen MR) is 62.8 cm³/mol. The van der Waals surface area contributed by atoms with Gasteiger partial charge in [-0.15, -0.1) is 0 Å². The lowest BCUT2D eigenvalue weighted by molar-refractivity contribution is -0.139. The summed E-state index contributed by atoms with van der Waals surface area (Å²) >= 11 is 3.25. The summed E-state index contributed by atoms with van der Waals surface area (Å²) in [5, 5.41) is 0.319. The summed E-state index contributed by atoms with van der Waals surface area (Å²) in [6.45, 7) is 1.72. The van der Waals surface area contributed by atoms with Crippen molar-refractivity contribution in [2.75, 3.05) is 5.33 Å². The molecule has 0 bridgehead atoms. The first-order valence-electron chi connectivity index (χ1n) is 5.15. The smallest absolute Gasteiger partial charge is 0.416 e. The fourth-order valence-electron chi connectivity index (χ4n) is 1.66. The summed E-state index contributed by atoms with van der Waals surface area (Å²) in [6.07, 6.45) is -2.90. The highest BCUT2D eigenvalue weighted by molar-refractivity contribution is 9.09. The largest absolute Gasteiger partial charge is 0.452 e. The van der Waals surface area contributed by atoms with Gasteiger partial charge in [0.1, 0.15) is 12.0 Å². The van der Waals surface area contributed by atoms with Gasteiger partial charge in [0.25, 0.3) is 5.79 Å². The molecule has 1 heterocycles. The third-order valence-electron chi connectivity index (χ3n) is 2.57. The lowest BCUT2D eigenvalue weighted by atomic mass is 10.0. The second-order valence-corrected chi connectivity index (χ2v) is 4.47. The molecule has 0 fully saturated rings. The molecular formula is C12H10BrF3O2. The molecule has 0 N–H and O–H groups in total. The van der Waals surface area contributed by atoms with Crippen molar-refractivity contribution < 1.29 is 22.6 Å². The van der Waals surface area contributed by atoms with Gasteiger partial charge in [0.15, 0.2) is 0 Å². The monoisotopic (exact) mass is 322 g/mol. The highest BCUT2D eigenvalue weighted by atomic mass is 79.9. The van der Waals surface area contributed by atoms with E-state index < -0.39 is 17.5 Å². The molecule has 2 rings (SSSR count). The molecule has 1 aliphatic rings. The highest BCUT2D eigenvalue weighted by Crippen LogP contribution is 2.38. The van der Waals surface area contributed by atoms with E-state index in [0.717, 1.165) is 12.1 Å². The van der Waals surface area contributed by atoms with Crippen molar-refractivity contribution in [3.8, 4) is 0 Å². The van der Waals surface area contributed by atoms with E-state index in [1.165, 1.54) is 18.4 Å². The van der Waals surface area contributed by atoms with Crippen LogP contribution in [0.25, 0.3) is 0 Å². The molecule has 0 amide bonds. The van der Waals surface area contributed by atoms with Gasteiger partial charge in [-0.25, -0.2) is 0 Å². The van der Waals surface area contributed by atoms with E-state index in [2.05, 4.69) is 15.9 Å². The van der Waals surface area contributed by atoms with Crippen LogP contribution in [-0.4, -0.2) is 5.33 Å². The zero-order valence-corrected chi connectivity index (χ0v) is 11.0. The fraction of sp³-hybridized carbons (Fsp3) is 0.333. The minimum Gasteiger partial charge on any atom is -0.452 e. The van der Waals surface area contributed by atoms with Crippen molar-refractivity contribution in [3.63, 3.8) is 0 Å². The second-order valence-electron chi connectivity index (χ2n) is 3.91. The molecule has 2 nitrogen and oxygen atoms in total. The average molecular weight is 323 g/mol. The third kappa shape index (κ3) is 2.34. The van der Waals surface area contributed by atoms with Gasteiger partial charge >= 0.3 is 6.18 Å². The number of benzene rings is 1. The Morgan fingerprint density at radius 1 is 1.22 bits per heavy atom. The van der Waals surface area contributed by atoms with Crippen molar-refractivity contribution in [2.24, 2.45) is 0 Å². The number of alkyl halides is 4. The summed E-state index contributed by atoms with van der Waals surface area (Å²) in [5.74, 6) is -0.497. The normalized spacial score (nSPS) is 23.3. The van der Waals surface area contributed by atoms with Crippen LogP contribution in [0.15, 0.2) is 36.3 Å². The van der Waals surface area contributed by atoms with Crippen LogP contribution in [0.5, 0.6) is 0 Å². The van der Waals surface area contributed by atoms with Crippen molar-refractivity contribution in [3.05, 3.63) is 47.4 Å². The van der Waals surface area contributed by atoms with Crippen molar-refractivity contribution in [1.82, 2.24) is 0 Å². The van der Waals surface area contributed by atoms with Gasteiger partial charge in [0, 0.05) is 5.56 Å². The number of hydrogen-bond donors (Lipinski definition) is 0. The SMILES string of the molecule is CC1=CO[C@](CBr)(c2ccc(C(F)(F)F)cc2)O1. The molecule has 1 aliphatic heterocycles. The zero-order chi connectivity index (χ0) is 13.4. The van der Waals surface area contributed by atoms with Crippen LogP contribution in [0.3, 0.4) is 0 Å². The molecule has 6 heteroatoms. The minimum absolute atomic E-state index is 0.319. The first-order valence-corrected chi connectivity index (χ1v) is 6.27. The molecule has 1 aromatic rings. The number of halogens is 4. The van der Waals surface area contributed by atoms with Gasteiger partial charge < -0.3 is 9.47 Å². The van der Waals surface area contributed by atoms with Crippen molar-refractivity contribution in [1.29, 1.82) is 0 Å². The molecule has 0 aromatic heterocycles. The lowest BCUT2D eigenvalue weighted by Crippen LogP contribution is -2.29. The Balaban J connectivity index is 2.29. The first-order chi connectivity index (χ1) is 8.37. The van der Waals surface area contributed by atoms with E-state index in [-0.39, 0.29) is 0 Å². The minimum atomic E-state index is -4.34. The number of allylic oxidation sites excluding steroid dienone is 1.